The maximum atomic E-state index is 12.4. The fraction of sp³-hybridized carbons (Fsp3) is 0.533. The van der Waals surface area contributed by atoms with Gasteiger partial charge in [-0.05, 0) is 32.4 Å². The van der Waals surface area contributed by atoms with Crippen molar-refractivity contribution in [1.82, 2.24) is 9.88 Å². The molecule has 0 aliphatic carbocycles. The SMILES string of the molecule is CCCNc1cc(C(=O)N(CC)CCC#N)cc(C)n1. The zero-order valence-electron chi connectivity index (χ0n) is 12.4. The van der Waals surface area contributed by atoms with Crippen LogP contribution in [0.15, 0.2) is 12.1 Å². The van der Waals surface area contributed by atoms with E-state index >= 15 is 0 Å². The lowest BCUT2D eigenvalue weighted by molar-refractivity contribution is 0.0767. The molecule has 0 saturated heterocycles. The summed E-state index contributed by atoms with van der Waals surface area (Å²) in [7, 11) is 0. The topological polar surface area (TPSA) is 69.0 Å². The molecule has 1 aromatic heterocycles. The number of hydrogen-bond acceptors (Lipinski definition) is 4. The largest absolute Gasteiger partial charge is 0.370 e. The van der Waals surface area contributed by atoms with Gasteiger partial charge in [0.1, 0.15) is 5.82 Å². The minimum absolute atomic E-state index is 0.0483. The van der Waals surface area contributed by atoms with Crippen molar-refractivity contribution in [1.29, 1.82) is 5.26 Å². The van der Waals surface area contributed by atoms with Crippen molar-refractivity contribution in [3.8, 4) is 6.07 Å². The molecule has 0 radical (unpaired) electrons. The van der Waals surface area contributed by atoms with Crippen LogP contribution >= 0.6 is 0 Å². The van der Waals surface area contributed by atoms with Gasteiger partial charge in [0.15, 0.2) is 0 Å². The molecule has 0 bridgehead atoms. The van der Waals surface area contributed by atoms with Crippen LogP contribution in [0.5, 0.6) is 0 Å². The average Bonchev–Trinajstić information content (AvgIpc) is 2.45. The molecule has 0 aliphatic rings. The van der Waals surface area contributed by atoms with Gasteiger partial charge in [-0.3, -0.25) is 4.79 Å². The number of pyridine rings is 1. The summed E-state index contributed by atoms with van der Waals surface area (Å²) in [4.78, 5) is 18.5. The van der Waals surface area contributed by atoms with Gasteiger partial charge in [-0.15, -0.1) is 0 Å². The number of nitriles is 1. The standard InChI is InChI=1S/C15H22N4O/c1-4-8-17-14-11-13(10-12(3)18-14)15(20)19(5-2)9-6-7-16/h10-11H,4-6,8-9H2,1-3H3,(H,17,18). The molecule has 1 heterocycles. The van der Waals surface area contributed by atoms with Gasteiger partial charge >= 0.3 is 0 Å². The highest BCUT2D eigenvalue weighted by Gasteiger charge is 2.15. The van der Waals surface area contributed by atoms with Gasteiger partial charge in [0.2, 0.25) is 0 Å². The fourth-order valence-corrected chi connectivity index (χ4v) is 1.91. The van der Waals surface area contributed by atoms with E-state index in [4.69, 9.17) is 5.26 Å². The lowest BCUT2D eigenvalue weighted by Crippen LogP contribution is -2.31. The Hall–Kier alpha value is -2.09. The summed E-state index contributed by atoms with van der Waals surface area (Å²) >= 11 is 0. The zero-order valence-corrected chi connectivity index (χ0v) is 12.4. The second-order valence-corrected chi connectivity index (χ2v) is 4.60. The molecule has 0 fully saturated rings. The Balaban J connectivity index is 2.90. The molecule has 0 spiro atoms. The minimum Gasteiger partial charge on any atom is -0.370 e. The highest BCUT2D eigenvalue weighted by molar-refractivity contribution is 5.95. The van der Waals surface area contributed by atoms with Crippen LogP contribution < -0.4 is 5.32 Å². The van der Waals surface area contributed by atoms with Gasteiger partial charge in [0.05, 0.1) is 12.5 Å². The van der Waals surface area contributed by atoms with Crippen LogP contribution in [-0.4, -0.2) is 35.4 Å². The molecule has 1 N–H and O–H groups in total. The fourth-order valence-electron chi connectivity index (χ4n) is 1.91. The summed E-state index contributed by atoms with van der Waals surface area (Å²) in [6.45, 7) is 7.76. The van der Waals surface area contributed by atoms with Gasteiger partial charge in [0, 0.05) is 30.9 Å². The first kappa shape index (κ1) is 16.0. The molecule has 0 saturated carbocycles. The second-order valence-electron chi connectivity index (χ2n) is 4.60. The van der Waals surface area contributed by atoms with Crippen LogP contribution in [0, 0.1) is 18.3 Å². The zero-order chi connectivity index (χ0) is 15.0. The third kappa shape index (κ3) is 4.54. The molecule has 1 aromatic rings. The average molecular weight is 274 g/mol. The molecule has 0 atom stereocenters. The van der Waals surface area contributed by atoms with Crippen molar-refractivity contribution in [2.45, 2.75) is 33.6 Å². The number of anilines is 1. The van der Waals surface area contributed by atoms with E-state index < -0.39 is 0 Å². The number of aromatic nitrogens is 1. The monoisotopic (exact) mass is 274 g/mol. The predicted octanol–water partition coefficient (Wildman–Crippen LogP) is 2.59. The summed E-state index contributed by atoms with van der Waals surface area (Å²) < 4.78 is 0. The number of nitrogens with zero attached hydrogens (tertiary/aromatic N) is 3. The van der Waals surface area contributed by atoms with Crippen molar-refractivity contribution >= 4 is 11.7 Å². The number of hydrogen-bond donors (Lipinski definition) is 1. The lowest BCUT2D eigenvalue weighted by atomic mass is 10.2. The third-order valence-electron chi connectivity index (χ3n) is 2.92. The summed E-state index contributed by atoms with van der Waals surface area (Å²) in [5, 5.41) is 11.8. The second kappa shape index (κ2) is 8.16. The smallest absolute Gasteiger partial charge is 0.254 e. The number of aryl methyl sites for hydroxylation is 1. The van der Waals surface area contributed by atoms with Crippen molar-refractivity contribution in [3.05, 3.63) is 23.4 Å². The Bertz CT molecular complexity index is 493. The first-order chi connectivity index (χ1) is 9.62. The normalized spacial score (nSPS) is 9.90. The van der Waals surface area contributed by atoms with E-state index in [0.29, 0.717) is 25.1 Å². The number of rotatable bonds is 7. The van der Waals surface area contributed by atoms with Gasteiger partial charge in [-0.1, -0.05) is 6.92 Å². The Morgan fingerprint density at radius 3 is 2.80 bits per heavy atom. The quantitative estimate of drug-likeness (QED) is 0.829. The van der Waals surface area contributed by atoms with Crippen LogP contribution in [0.25, 0.3) is 0 Å². The minimum atomic E-state index is -0.0483. The van der Waals surface area contributed by atoms with Crippen LogP contribution in [0.2, 0.25) is 0 Å². The predicted molar refractivity (Wildman–Crippen MR) is 79.6 cm³/mol. The number of amides is 1. The van der Waals surface area contributed by atoms with E-state index in [-0.39, 0.29) is 5.91 Å². The first-order valence-corrected chi connectivity index (χ1v) is 7.01. The molecule has 0 aromatic carbocycles. The summed E-state index contributed by atoms with van der Waals surface area (Å²) in [5.74, 6) is 0.680. The van der Waals surface area contributed by atoms with Crippen molar-refractivity contribution in [3.63, 3.8) is 0 Å². The Kier molecular flexibility index (Phi) is 6.51. The third-order valence-corrected chi connectivity index (χ3v) is 2.92. The van der Waals surface area contributed by atoms with E-state index in [1.54, 1.807) is 17.0 Å². The number of carbonyl (C=O) groups is 1. The summed E-state index contributed by atoms with van der Waals surface area (Å²) in [5.41, 5.74) is 1.43. The highest BCUT2D eigenvalue weighted by Crippen LogP contribution is 2.13. The molecule has 0 unspecified atom stereocenters. The Morgan fingerprint density at radius 2 is 2.20 bits per heavy atom. The number of carbonyl (C=O) groups excluding carboxylic acids is 1. The molecule has 1 amide bonds. The van der Waals surface area contributed by atoms with Crippen molar-refractivity contribution in [2.24, 2.45) is 0 Å². The Labute approximate surface area is 120 Å². The molecule has 20 heavy (non-hydrogen) atoms. The van der Waals surface area contributed by atoms with E-state index in [2.05, 4.69) is 23.3 Å². The molecular weight excluding hydrogens is 252 g/mol. The van der Waals surface area contributed by atoms with Gasteiger partial charge < -0.3 is 10.2 Å². The van der Waals surface area contributed by atoms with Gasteiger partial charge in [0.25, 0.3) is 5.91 Å². The lowest BCUT2D eigenvalue weighted by Gasteiger charge is -2.20. The van der Waals surface area contributed by atoms with Crippen LogP contribution in [0.3, 0.4) is 0 Å². The maximum Gasteiger partial charge on any atom is 0.254 e. The van der Waals surface area contributed by atoms with Crippen LogP contribution in [0.4, 0.5) is 5.82 Å². The highest BCUT2D eigenvalue weighted by atomic mass is 16.2. The van der Waals surface area contributed by atoms with Crippen molar-refractivity contribution in [2.75, 3.05) is 25.0 Å². The molecule has 5 heteroatoms. The maximum absolute atomic E-state index is 12.4. The molecule has 108 valence electrons. The first-order valence-electron chi connectivity index (χ1n) is 7.01. The molecule has 1 rings (SSSR count). The summed E-state index contributed by atoms with van der Waals surface area (Å²) in [6.07, 6.45) is 1.35. The summed E-state index contributed by atoms with van der Waals surface area (Å²) in [6, 6.07) is 5.63. The Morgan fingerprint density at radius 1 is 1.45 bits per heavy atom. The van der Waals surface area contributed by atoms with Crippen molar-refractivity contribution < 1.29 is 4.79 Å². The van der Waals surface area contributed by atoms with E-state index in [9.17, 15) is 4.79 Å². The van der Waals surface area contributed by atoms with E-state index in [1.807, 2.05) is 13.8 Å². The van der Waals surface area contributed by atoms with Crippen LogP contribution in [0.1, 0.15) is 42.7 Å². The van der Waals surface area contributed by atoms with E-state index in [0.717, 1.165) is 24.5 Å². The van der Waals surface area contributed by atoms with Gasteiger partial charge in [-0.2, -0.15) is 5.26 Å². The molecule has 5 nitrogen and oxygen atoms in total. The number of nitrogens with one attached hydrogen (secondary N) is 1. The van der Waals surface area contributed by atoms with Crippen LogP contribution in [-0.2, 0) is 0 Å². The van der Waals surface area contributed by atoms with E-state index in [1.165, 1.54) is 0 Å². The molecule has 0 aliphatic heterocycles. The molecular formula is C15H22N4O. The van der Waals surface area contributed by atoms with Gasteiger partial charge in [-0.25, -0.2) is 4.98 Å².